The van der Waals surface area contributed by atoms with Gasteiger partial charge >= 0.3 is 17.2 Å². The Hall–Kier alpha value is 0.500. The van der Waals surface area contributed by atoms with E-state index in [-0.39, 0.29) is 0 Å². The molecule has 0 aromatic heterocycles. The summed E-state index contributed by atoms with van der Waals surface area (Å²) >= 11 is 0. The van der Waals surface area contributed by atoms with E-state index in [1.165, 1.54) is 6.42 Å². The average Bonchev–Trinajstić information content (AvgIpc) is 2.33. The van der Waals surface area contributed by atoms with Crippen LogP contribution in [-0.4, -0.2) is 66.4 Å². The van der Waals surface area contributed by atoms with Gasteiger partial charge in [0, 0.05) is 0 Å². The number of aliphatic hydroxyl groups is 4. The Morgan fingerprint density at radius 1 is 0.737 bits per heavy atom. The summed E-state index contributed by atoms with van der Waals surface area (Å²) in [7, 11) is -5.22. The van der Waals surface area contributed by atoms with Crippen LogP contribution in [0.1, 0.15) is 20.3 Å². The van der Waals surface area contributed by atoms with Gasteiger partial charge < -0.3 is 40.0 Å². The fourth-order valence-electron chi connectivity index (χ4n) is 0.365. The SMILES string of the molecule is CCC.OCC(CO)(CO)CO.OP(O)OP(O)O. The summed E-state index contributed by atoms with van der Waals surface area (Å²) in [6.07, 6.45) is 1.25. The van der Waals surface area contributed by atoms with Crippen molar-refractivity contribution in [2.75, 3.05) is 26.4 Å². The van der Waals surface area contributed by atoms with Crippen LogP contribution >= 0.6 is 17.2 Å². The zero-order valence-corrected chi connectivity index (χ0v) is 12.7. The van der Waals surface area contributed by atoms with Crippen LogP contribution in [0.2, 0.25) is 0 Å². The first-order valence-electron chi connectivity index (χ1n) is 5.26. The van der Waals surface area contributed by atoms with Gasteiger partial charge in [-0.1, -0.05) is 20.3 Å². The molecule has 0 bridgehead atoms. The molecule has 0 atom stereocenters. The Morgan fingerprint density at radius 2 is 0.947 bits per heavy atom. The summed E-state index contributed by atoms with van der Waals surface area (Å²) in [5.74, 6) is 0. The second-order valence-corrected chi connectivity index (χ2v) is 5.09. The van der Waals surface area contributed by atoms with Crippen molar-refractivity contribution in [1.82, 2.24) is 0 Å². The molecule has 0 saturated carbocycles. The molecule has 19 heavy (non-hydrogen) atoms. The van der Waals surface area contributed by atoms with Crippen molar-refractivity contribution in [2.24, 2.45) is 5.41 Å². The summed E-state index contributed by atoms with van der Waals surface area (Å²) in [4.78, 5) is 31.3. The minimum atomic E-state index is -2.61. The summed E-state index contributed by atoms with van der Waals surface area (Å²) < 4.78 is 3.60. The van der Waals surface area contributed by atoms with E-state index in [4.69, 9.17) is 40.0 Å². The zero-order chi connectivity index (χ0) is 15.9. The molecular weight excluding hydrogens is 302 g/mol. The van der Waals surface area contributed by atoms with E-state index in [0.29, 0.717) is 0 Å². The highest BCUT2D eigenvalue weighted by atomic mass is 31.2. The standard InChI is InChI=1S/C5H12O4.C3H8.H4O5P2/c6-1-5(2-7,3-8)4-9;1-3-2;1-6(2)5-7(3)4/h6-9H,1-4H2;3H2,1-2H3;1-4H. The molecule has 0 fully saturated rings. The van der Waals surface area contributed by atoms with E-state index >= 15 is 0 Å². The first kappa shape index (κ1) is 24.5. The second-order valence-electron chi connectivity index (χ2n) is 3.43. The van der Waals surface area contributed by atoms with Gasteiger partial charge in [-0.3, -0.25) is 0 Å². The molecule has 0 unspecified atom stereocenters. The highest BCUT2D eigenvalue weighted by molar-refractivity contribution is 7.53. The highest BCUT2D eigenvalue weighted by Gasteiger charge is 2.26. The van der Waals surface area contributed by atoms with Crippen LogP contribution < -0.4 is 0 Å². The molecule has 0 radical (unpaired) electrons. The quantitative estimate of drug-likeness (QED) is 0.279. The van der Waals surface area contributed by atoms with E-state index in [1.54, 1.807) is 0 Å². The van der Waals surface area contributed by atoms with Gasteiger partial charge in [0.25, 0.3) is 0 Å². The highest BCUT2D eigenvalue weighted by Crippen LogP contribution is 2.41. The average molecular weight is 326 g/mol. The van der Waals surface area contributed by atoms with Gasteiger partial charge in [0.2, 0.25) is 0 Å². The van der Waals surface area contributed by atoms with Gasteiger partial charge in [0.15, 0.2) is 0 Å². The number of hydrogen-bond acceptors (Lipinski definition) is 9. The van der Waals surface area contributed by atoms with E-state index < -0.39 is 49.0 Å². The monoisotopic (exact) mass is 326 g/mol. The molecular formula is C8H24O9P2. The number of rotatable bonds is 6. The predicted molar refractivity (Wildman–Crippen MR) is 70.5 cm³/mol. The molecule has 0 saturated heterocycles. The second kappa shape index (κ2) is 16.6. The van der Waals surface area contributed by atoms with Gasteiger partial charge in [-0.15, -0.1) is 0 Å². The largest absolute Gasteiger partial charge is 0.396 e. The zero-order valence-electron chi connectivity index (χ0n) is 10.9. The van der Waals surface area contributed by atoms with Crippen molar-refractivity contribution >= 4 is 17.2 Å². The topological polar surface area (TPSA) is 171 Å². The molecule has 0 rings (SSSR count). The van der Waals surface area contributed by atoms with Crippen LogP contribution in [0.3, 0.4) is 0 Å². The molecule has 0 spiro atoms. The van der Waals surface area contributed by atoms with Crippen molar-refractivity contribution in [1.29, 1.82) is 0 Å². The lowest BCUT2D eigenvalue weighted by atomic mass is 9.93. The Bertz CT molecular complexity index is 143. The van der Waals surface area contributed by atoms with Crippen LogP contribution in [0.4, 0.5) is 0 Å². The van der Waals surface area contributed by atoms with Crippen molar-refractivity contribution in [2.45, 2.75) is 20.3 Å². The third-order valence-electron chi connectivity index (χ3n) is 1.49. The smallest absolute Gasteiger partial charge is 0.334 e. The van der Waals surface area contributed by atoms with Gasteiger partial charge in [-0.05, 0) is 0 Å². The Labute approximate surface area is 114 Å². The maximum atomic E-state index is 8.50. The first-order valence-corrected chi connectivity index (χ1v) is 7.59. The van der Waals surface area contributed by atoms with Crippen molar-refractivity contribution < 1.29 is 44.3 Å². The van der Waals surface area contributed by atoms with E-state index in [2.05, 4.69) is 18.2 Å². The minimum absolute atomic E-state index is 0.406. The van der Waals surface area contributed by atoms with Gasteiger partial charge in [0.1, 0.15) is 0 Å². The summed E-state index contributed by atoms with van der Waals surface area (Å²) in [5, 5.41) is 34.0. The van der Waals surface area contributed by atoms with Crippen LogP contribution in [0.25, 0.3) is 0 Å². The van der Waals surface area contributed by atoms with Crippen LogP contribution in [0.15, 0.2) is 0 Å². The Balaban J connectivity index is -0.000000228. The summed E-state index contributed by atoms with van der Waals surface area (Å²) in [5.41, 5.74) is -1.11. The molecule has 120 valence electrons. The molecule has 11 heteroatoms. The van der Waals surface area contributed by atoms with Gasteiger partial charge in [-0.25, -0.2) is 4.31 Å². The third-order valence-corrected chi connectivity index (χ3v) is 2.66. The van der Waals surface area contributed by atoms with Crippen molar-refractivity contribution in [3.05, 3.63) is 0 Å². The maximum Gasteiger partial charge on any atom is 0.334 e. The summed E-state index contributed by atoms with van der Waals surface area (Å²) in [6.45, 7) is 2.62. The van der Waals surface area contributed by atoms with E-state index in [9.17, 15) is 0 Å². The Morgan fingerprint density at radius 3 is 0.947 bits per heavy atom. The molecule has 0 aromatic carbocycles. The molecule has 0 aliphatic carbocycles. The lowest BCUT2D eigenvalue weighted by molar-refractivity contribution is -0.0328. The van der Waals surface area contributed by atoms with Crippen LogP contribution in [-0.2, 0) is 4.31 Å². The number of hydrogen-bond donors (Lipinski definition) is 8. The third kappa shape index (κ3) is 18.5. The van der Waals surface area contributed by atoms with E-state index in [1.807, 2.05) is 0 Å². The molecule has 9 nitrogen and oxygen atoms in total. The fraction of sp³-hybridized carbons (Fsp3) is 1.00. The molecule has 0 aliphatic heterocycles. The number of aliphatic hydroxyl groups excluding tert-OH is 4. The van der Waals surface area contributed by atoms with Crippen molar-refractivity contribution in [3.63, 3.8) is 0 Å². The van der Waals surface area contributed by atoms with Crippen LogP contribution in [0, 0.1) is 5.41 Å². The molecule has 0 aliphatic rings. The predicted octanol–water partition coefficient (Wildman–Crippen LogP) is -1.22. The molecule has 8 N–H and O–H groups in total. The fourth-order valence-corrected chi connectivity index (χ4v) is 0.888. The van der Waals surface area contributed by atoms with Gasteiger partial charge in [-0.2, -0.15) is 0 Å². The van der Waals surface area contributed by atoms with E-state index in [0.717, 1.165) is 0 Å². The maximum absolute atomic E-state index is 8.50. The Kier molecular flexibility index (Phi) is 21.4. The minimum Gasteiger partial charge on any atom is -0.396 e. The van der Waals surface area contributed by atoms with Crippen molar-refractivity contribution in [3.8, 4) is 0 Å². The molecule has 0 heterocycles. The molecule has 0 aromatic rings. The molecule has 0 amide bonds. The lowest BCUT2D eigenvalue weighted by Gasteiger charge is -2.23. The van der Waals surface area contributed by atoms with Gasteiger partial charge in [0.05, 0.1) is 31.8 Å². The normalized spacial score (nSPS) is 10.7. The lowest BCUT2D eigenvalue weighted by Crippen LogP contribution is -2.37. The van der Waals surface area contributed by atoms with Crippen LogP contribution in [0.5, 0.6) is 0 Å². The first-order chi connectivity index (χ1) is 8.78. The summed E-state index contributed by atoms with van der Waals surface area (Å²) in [6, 6.07) is 0.